The van der Waals surface area contributed by atoms with Gasteiger partial charge in [-0.1, -0.05) is 17.7 Å². The van der Waals surface area contributed by atoms with Gasteiger partial charge in [-0.15, -0.1) is 0 Å². The molecule has 6 nitrogen and oxygen atoms in total. The maximum absolute atomic E-state index is 12.9. The molecule has 27 heavy (non-hydrogen) atoms. The van der Waals surface area contributed by atoms with Gasteiger partial charge in [-0.3, -0.25) is 14.9 Å². The number of carbonyl (C=O) groups excluding carboxylic acids is 3. The van der Waals surface area contributed by atoms with E-state index in [1.54, 1.807) is 18.2 Å². The van der Waals surface area contributed by atoms with E-state index < -0.39 is 17.8 Å². The van der Waals surface area contributed by atoms with Crippen LogP contribution in [0, 0.1) is 13.8 Å². The van der Waals surface area contributed by atoms with Crippen molar-refractivity contribution in [2.24, 2.45) is 0 Å². The second-order valence-corrected chi connectivity index (χ2v) is 7.34. The predicted octanol–water partition coefficient (Wildman–Crippen LogP) is 4.09. The van der Waals surface area contributed by atoms with Gasteiger partial charge in [-0.2, -0.15) is 0 Å². The maximum Gasteiger partial charge on any atom is 0.335 e. The maximum atomic E-state index is 12.9. The number of hydrogen-bond acceptors (Lipinski definition) is 4. The van der Waals surface area contributed by atoms with Crippen LogP contribution in [0.4, 0.5) is 10.5 Å². The highest BCUT2D eigenvalue weighted by molar-refractivity contribution is 9.10. The van der Waals surface area contributed by atoms with Gasteiger partial charge < -0.3 is 5.11 Å². The molecule has 4 amide bonds. The van der Waals surface area contributed by atoms with Crippen LogP contribution in [0.25, 0.3) is 6.08 Å². The topological polar surface area (TPSA) is 86.7 Å². The minimum absolute atomic E-state index is 0.169. The zero-order chi connectivity index (χ0) is 19.9. The van der Waals surface area contributed by atoms with Gasteiger partial charge in [-0.05, 0) is 71.2 Å². The first-order valence-electron chi connectivity index (χ1n) is 7.85. The van der Waals surface area contributed by atoms with E-state index in [1.165, 1.54) is 18.2 Å². The van der Waals surface area contributed by atoms with Crippen LogP contribution in [0.3, 0.4) is 0 Å². The number of amides is 4. The van der Waals surface area contributed by atoms with Crippen molar-refractivity contribution in [3.8, 4) is 5.75 Å². The van der Waals surface area contributed by atoms with Crippen LogP contribution in [0.15, 0.2) is 40.4 Å². The largest absolute Gasteiger partial charge is 0.506 e. The lowest BCUT2D eigenvalue weighted by atomic mass is 10.0. The van der Waals surface area contributed by atoms with Gasteiger partial charge in [-0.25, -0.2) is 9.69 Å². The Balaban J connectivity index is 2.09. The number of halogens is 2. The van der Waals surface area contributed by atoms with Crippen molar-refractivity contribution in [3.05, 3.63) is 62.1 Å². The molecule has 1 heterocycles. The van der Waals surface area contributed by atoms with Crippen molar-refractivity contribution in [1.82, 2.24) is 5.32 Å². The van der Waals surface area contributed by atoms with Gasteiger partial charge in [0, 0.05) is 10.6 Å². The molecule has 0 spiro atoms. The molecule has 0 saturated carbocycles. The van der Waals surface area contributed by atoms with Crippen molar-refractivity contribution in [2.75, 3.05) is 4.90 Å². The molecule has 0 aliphatic carbocycles. The normalized spacial score (nSPS) is 16.1. The molecule has 0 radical (unpaired) electrons. The fraction of sp³-hybridized carbons (Fsp3) is 0.105. The number of benzene rings is 2. The Morgan fingerprint density at radius 1 is 1.11 bits per heavy atom. The van der Waals surface area contributed by atoms with E-state index in [0.29, 0.717) is 15.2 Å². The second kappa shape index (κ2) is 7.17. The molecule has 138 valence electrons. The fourth-order valence-corrected chi connectivity index (χ4v) is 3.44. The van der Waals surface area contributed by atoms with Gasteiger partial charge in [0.1, 0.15) is 11.3 Å². The van der Waals surface area contributed by atoms with E-state index in [1.807, 2.05) is 13.8 Å². The van der Waals surface area contributed by atoms with Gasteiger partial charge in [0.05, 0.1) is 10.2 Å². The molecule has 3 rings (SSSR count). The van der Waals surface area contributed by atoms with Crippen molar-refractivity contribution in [1.29, 1.82) is 0 Å². The number of nitrogens with zero attached hydrogens (tertiary/aromatic N) is 1. The number of rotatable bonds is 2. The SMILES string of the molecule is Cc1ccc(N2C(=O)NC(=O)/C(=C\c3cc(Cl)cc(Br)c3O)C2=O)cc1C. The number of urea groups is 1. The number of aromatic hydroxyl groups is 1. The molecule has 1 aliphatic heterocycles. The Morgan fingerprint density at radius 3 is 2.48 bits per heavy atom. The highest BCUT2D eigenvalue weighted by atomic mass is 79.9. The van der Waals surface area contributed by atoms with Crippen LogP contribution in [-0.4, -0.2) is 23.0 Å². The Labute approximate surface area is 168 Å². The average Bonchev–Trinajstić information content (AvgIpc) is 2.58. The van der Waals surface area contributed by atoms with Crippen LogP contribution in [-0.2, 0) is 9.59 Å². The van der Waals surface area contributed by atoms with Gasteiger partial charge >= 0.3 is 6.03 Å². The molecule has 2 N–H and O–H groups in total. The molecule has 1 fully saturated rings. The third-order valence-electron chi connectivity index (χ3n) is 4.21. The Morgan fingerprint density at radius 2 is 1.81 bits per heavy atom. The lowest BCUT2D eigenvalue weighted by Gasteiger charge is -2.27. The number of imide groups is 2. The van der Waals surface area contributed by atoms with Gasteiger partial charge in [0.25, 0.3) is 11.8 Å². The third-order valence-corrected chi connectivity index (χ3v) is 5.03. The lowest BCUT2D eigenvalue weighted by molar-refractivity contribution is -0.122. The number of phenolic OH excluding ortho intramolecular Hbond substituents is 1. The minimum atomic E-state index is -0.847. The molecule has 0 aromatic heterocycles. The molecule has 8 heteroatoms. The lowest BCUT2D eigenvalue weighted by Crippen LogP contribution is -2.54. The Hall–Kier alpha value is -2.64. The highest BCUT2D eigenvalue weighted by Crippen LogP contribution is 2.33. The summed E-state index contributed by atoms with van der Waals surface area (Å²) in [5.41, 5.74) is 2.12. The van der Waals surface area contributed by atoms with Crippen LogP contribution < -0.4 is 10.2 Å². The average molecular weight is 450 g/mol. The van der Waals surface area contributed by atoms with E-state index in [9.17, 15) is 19.5 Å². The summed E-state index contributed by atoms with van der Waals surface area (Å²) in [6, 6.07) is 7.15. The molecule has 1 saturated heterocycles. The summed E-state index contributed by atoms with van der Waals surface area (Å²) in [7, 11) is 0. The molecular weight excluding hydrogens is 436 g/mol. The fourth-order valence-electron chi connectivity index (χ4n) is 2.61. The number of carbonyl (C=O) groups is 3. The Kier molecular flexibility index (Phi) is 5.08. The standard InChI is InChI=1S/C19H14BrClN2O4/c1-9-3-4-13(5-10(9)2)23-18(26)14(17(25)22-19(23)27)7-11-6-12(21)8-15(20)16(11)24/h3-8,24H,1-2H3,(H,22,25,27)/b14-7+. The van der Waals surface area contributed by atoms with Gasteiger partial charge in [0.15, 0.2) is 0 Å². The number of hydrogen-bond donors (Lipinski definition) is 2. The number of anilines is 1. The predicted molar refractivity (Wildman–Crippen MR) is 106 cm³/mol. The summed E-state index contributed by atoms with van der Waals surface area (Å²) >= 11 is 9.12. The Bertz CT molecular complexity index is 1030. The summed E-state index contributed by atoms with van der Waals surface area (Å²) < 4.78 is 0.313. The zero-order valence-corrected chi connectivity index (χ0v) is 16.7. The first kappa shape index (κ1) is 19.1. The van der Waals surface area contributed by atoms with E-state index in [4.69, 9.17) is 11.6 Å². The quantitative estimate of drug-likeness (QED) is 0.534. The van der Waals surface area contributed by atoms with Crippen LogP contribution in [0.2, 0.25) is 5.02 Å². The summed E-state index contributed by atoms with van der Waals surface area (Å²) in [6.45, 7) is 3.76. The molecular formula is C19H14BrClN2O4. The highest BCUT2D eigenvalue weighted by Gasteiger charge is 2.37. The van der Waals surface area contributed by atoms with E-state index in [0.717, 1.165) is 16.0 Å². The smallest absolute Gasteiger partial charge is 0.335 e. The third kappa shape index (κ3) is 3.61. The van der Waals surface area contributed by atoms with E-state index >= 15 is 0 Å². The number of nitrogens with one attached hydrogen (secondary N) is 1. The number of aryl methyl sites for hydroxylation is 2. The summed E-state index contributed by atoms with van der Waals surface area (Å²) in [5, 5.41) is 12.6. The minimum Gasteiger partial charge on any atom is -0.506 e. The monoisotopic (exact) mass is 448 g/mol. The zero-order valence-electron chi connectivity index (χ0n) is 14.3. The first-order valence-corrected chi connectivity index (χ1v) is 9.03. The van der Waals surface area contributed by atoms with Crippen molar-refractivity contribution < 1.29 is 19.5 Å². The van der Waals surface area contributed by atoms with Crippen LogP contribution in [0.1, 0.15) is 16.7 Å². The molecule has 2 aromatic carbocycles. The molecule has 0 unspecified atom stereocenters. The molecule has 2 aromatic rings. The van der Waals surface area contributed by atoms with Gasteiger partial charge in [0.2, 0.25) is 0 Å². The van der Waals surface area contributed by atoms with Crippen LogP contribution >= 0.6 is 27.5 Å². The van der Waals surface area contributed by atoms with Crippen molar-refractivity contribution in [2.45, 2.75) is 13.8 Å². The van der Waals surface area contributed by atoms with E-state index in [2.05, 4.69) is 21.2 Å². The molecule has 0 bridgehead atoms. The molecule has 0 atom stereocenters. The number of barbiturate groups is 1. The van der Waals surface area contributed by atoms with Crippen molar-refractivity contribution in [3.63, 3.8) is 0 Å². The second-order valence-electron chi connectivity index (χ2n) is 6.05. The number of phenols is 1. The molecule has 1 aliphatic rings. The first-order chi connectivity index (χ1) is 12.7. The van der Waals surface area contributed by atoms with Crippen molar-refractivity contribution >= 4 is 57.1 Å². The van der Waals surface area contributed by atoms with E-state index in [-0.39, 0.29) is 16.9 Å². The van der Waals surface area contributed by atoms with Crippen LogP contribution in [0.5, 0.6) is 5.75 Å². The summed E-state index contributed by atoms with van der Waals surface area (Å²) in [4.78, 5) is 38.2. The summed E-state index contributed by atoms with van der Waals surface area (Å²) in [6.07, 6.45) is 1.20. The summed E-state index contributed by atoms with van der Waals surface area (Å²) in [5.74, 6) is -1.81.